The van der Waals surface area contributed by atoms with E-state index in [-0.39, 0.29) is 12.1 Å². The Morgan fingerprint density at radius 2 is 1.73 bits per heavy atom. The van der Waals surface area contributed by atoms with Crippen molar-refractivity contribution in [1.82, 2.24) is 20.9 Å². The van der Waals surface area contributed by atoms with Crippen molar-refractivity contribution < 1.29 is 9.59 Å². The molecule has 1 saturated carbocycles. The second-order valence-corrected chi connectivity index (χ2v) is 6.32. The molecule has 4 amide bonds. The number of carbonyl (C=O) groups excluding carboxylic acids is 2. The highest BCUT2D eigenvalue weighted by Crippen LogP contribution is 2.35. The molecule has 0 aromatic rings. The van der Waals surface area contributed by atoms with E-state index in [1.165, 1.54) is 25.7 Å². The number of piperidine rings is 1. The SMILES string of the molecule is CCNC(=O)NCCCNC(=O)N1CCCC2CCCCC21. The Hall–Kier alpha value is -1.46. The van der Waals surface area contributed by atoms with Gasteiger partial charge in [0.15, 0.2) is 0 Å². The molecule has 2 fully saturated rings. The quantitative estimate of drug-likeness (QED) is 0.680. The number of fused-ring (bicyclic) bond motifs is 1. The first-order valence-corrected chi connectivity index (χ1v) is 8.78. The Balaban J connectivity index is 1.65. The van der Waals surface area contributed by atoms with Crippen LogP contribution in [0.15, 0.2) is 0 Å². The van der Waals surface area contributed by atoms with Crippen molar-refractivity contribution in [3.8, 4) is 0 Å². The zero-order chi connectivity index (χ0) is 15.8. The summed E-state index contributed by atoms with van der Waals surface area (Å²) in [6.45, 7) is 4.60. The van der Waals surface area contributed by atoms with Gasteiger partial charge in [-0.2, -0.15) is 0 Å². The molecule has 2 unspecified atom stereocenters. The van der Waals surface area contributed by atoms with Crippen molar-refractivity contribution in [2.75, 3.05) is 26.2 Å². The van der Waals surface area contributed by atoms with Crippen LogP contribution in [0.2, 0.25) is 0 Å². The van der Waals surface area contributed by atoms with Crippen molar-refractivity contribution in [2.24, 2.45) is 5.92 Å². The largest absolute Gasteiger partial charge is 0.338 e. The molecule has 2 aliphatic rings. The van der Waals surface area contributed by atoms with E-state index in [1.807, 2.05) is 6.92 Å². The first kappa shape index (κ1) is 16.9. The molecule has 1 saturated heterocycles. The van der Waals surface area contributed by atoms with Crippen molar-refractivity contribution >= 4 is 12.1 Å². The smallest absolute Gasteiger partial charge is 0.317 e. The van der Waals surface area contributed by atoms with E-state index in [2.05, 4.69) is 20.9 Å². The number of likely N-dealkylation sites (tertiary alicyclic amines) is 1. The van der Waals surface area contributed by atoms with Gasteiger partial charge >= 0.3 is 12.1 Å². The predicted molar refractivity (Wildman–Crippen MR) is 86.8 cm³/mol. The van der Waals surface area contributed by atoms with E-state index in [9.17, 15) is 9.59 Å². The molecule has 0 radical (unpaired) electrons. The van der Waals surface area contributed by atoms with Crippen molar-refractivity contribution in [3.63, 3.8) is 0 Å². The third-order valence-corrected chi connectivity index (χ3v) is 4.76. The molecule has 22 heavy (non-hydrogen) atoms. The third kappa shape index (κ3) is 4.78. The Kier molecular flexibility index (Phi) is 6.80. The fourth-order valence-corrected chi connectivity index (χ4v) is 3.69. The Labute approximate surface area is 133 Å². The molecule has 2 atom stereocenters. The van der Waals surface area contributed by atoms with Crippen LogP contribution in [0, 0.1) is 5.92 Å². The lowest BCUT2D eigenvalue weighted by atomic mass is 9.78. The van der Waals surface area contributed by atoms with Gasteiger partial charge in [-0.25, -0.2) is 9.59 Å². The zero-order valence-corrected chi connectivity index (χ0v) is 13.7. The van der Waals surface area contributed by atoms with Gasteiger partial charge in [-0.1, -0.05) is 12.8 Å². The van der Waals surface area contributed by atoms with Gasteiger partial charge in [-0.3, -0.25) is 0 Å². The van der Waals surface area contributed by atoms with Crippen molar-refractivity contribution in [3.05, 3.63) is 0 Å². The summed E-state index contributed by atoms with van der Waals surface area (Å²) in [5, 5.41) is 8.46. The molecule has 0 spiro atoms. The average molecular weight is 310 g/mol. The van der Waals surface area contributed by atoms with E-state index in [1.54, 1.807) is 0 Å². The summed E-state index contributed by atoms with van der Waals surface area (Å²) in [6, 6.07) is 0.389. The number of hydrogen-bond donors (Lipinski definition) is 3. The summed E-state index contributed by atoms with van der Waals surface area (Å²) in [4.78, 5) is 25.7. The van der Waals surface area contributed by atoms with Gasteiger partial charge in [0, 0.05) is 32.2 Å². The van der Waals surface area contributed by atoms with Crippen LogP contribution in [0.5, 0.6) is 0 Å². The molecular weight excluding hydrogens is 280 g/mol. The van der Waals surface area contributed by atoms with Gasteiger partial charge in [0.25, 0.3) is 0 Å². The number of amides is 4. The summed E-state index contributed by atoms with van der Waals surface area (Å²) in [6.07, 6.45) is 8.19. The second-order valence-electron chi connectivity index (χ2n) is 6.32. The van der Waals surface area contributed by atoms with Crippen LogP contribution in [0.25, 0.3) is 0 Å². The second kappa shape index (κ2) is 8.86. The summed E-state index contributed by atoms with van der Waals surface area (Å²) in [5.41, 5.74) is 0. The molecule has 6 heteroatoms. The van der Waals surface area contributed by atoms with Crippen LogP contribution in [-0.2, 0) is 0 Å². The third-order valence-electron chi connectivity index (χ3n) is 4.76. The molecule has 2 rings (SSSR count). The van der Waals surface area contributed by atoms with Crippen LogP contribution >= 0.6 is 0 Å². The van der Waals surface area contributed by atoms with Gasteiger partial charge in [-0.05, 0) is 44.9 Å². The maximum atomic E-state index is 12.4. The summed E-state index contributed by atoms with van der Waals surface area (Å²) in [7, 11) is 0. The zero-order valence-electron chi connectivity index (χ0n) is 13.7. The van der Waals surface area contributed by atoms with E-state index < -0.39 is 0 Å². The van der Waals surface area contributed by atoms with Crippen molar-refractivity contribution in [1.29, 1.82) is 0 Å². The minimum absolute atomic E-state index is 0.0783. The van der Waals surface area contributed by atoms with E-state index in [0.29, 0.717) is 31.6 Å². The molecule has 6 nitrogen and oxygen atoms in total. The number of nitrogens with one attached hydrogen (secondary N) is 3. The Bertz CT molecular complexity index is 373. The highest BCUT2D eigenvalue weighted by Gasteiger charge is 2.35. The molecule has 0 aromatic carbocycles. The molecule has 126 valence electrons. The minimum Gasteiger partial charge on any atom is -0.338 e. The van der Waals surface area contributed by atoms with Crippen LogP contribution in [-0.4, -0.2) is 49.2 Å². The Morgan fingerprint density at radius 3 is 2.55 bits per heavy atom. The lowest BCUT2D eigenvalue weighted by Crippen LogP contribution is -2.53. The van der Waals surface area contributed by atoms with E-state index >= 15 is 0 Å². The van der Waals surface area contributed by atoms with Gasteiger partial charge in [-0.15, -0.1) is 0 Å². The van der Waals surface area contributed by atoms with Gasteiger partial charge in [0.1, 0.15) is 0 Å². The molecular formula is C16H30N4O2. The molecule has 1 heterocycles. The standard InChI is InChI=1S/C16H30N4O2/c1-2-17-15(21)18-10-6-11-19-16(22)20-12-5-8-13-7-3-4-9-14(13)20/h13-14H,2-12H2,1H3,(H,19,22)(H2,17,18,21). The van der Waals surface area contributed by atoms with E-state index in [0.717, 1.165) is 25.8 Å². The van der Waals surface area contributed by atoms with Crippen LogP contribution in [0.4, 0.5) is 9.59 Å². The van der Waals surface area contributed by atoms with Crippen LogP contribution in [0.1, 0.15) is 51.9 Å². The molecule has 0 aromatic heterocycles. The predicted octanol–water partition coefficient (Wildman–Crippen LogP) is 2.06. The maximum Gasteiger partial charge on any atom is 0.317 e. The summed E-state index contributed by atoms with van der Waals surface area (Å²) >= 11 is 0. The Morgan fingerprint density at radius 1 is 1.00 bits per heavy atom. The van der Waals surface area contributed by atoms with Crippen LogP contribution in [0.3, 0.4) is 0 Å². The summed E-state index contributed by atoms with van der Waals surface area (Å²) in [5.74, 6) is 0.715. The first-order chi connectivity index (χ1) is 10.7. The van der Waals surface area contributed by atoms with Crippen LogP contribution < -0.4 is 16.0 Å². The fourth-order valence-electron chi connectivity index (χ4n) is 3.69. The number of urea groups is 2. The molecule has 1 aliphatic carbocycles. The highest BCUT2D eigenvalue weighted by molar-refractivity contribution is 5.75. The molecule has 1 aliphatic heterocycles. The maximum absolute atomic E-state index is 12.4. The van der Waals surface area contributed by atoms with Crippen molar-refractivity contribution in [2.45, 2.75) is 57.9 Å². The number of hydrogen-bond acceptors (Lipinski definition) is 2. The number of carbonyl (C=O) groups is 2. The number of nitrogens with zero attached hydrogens (tertiary/aromatic N) is 1. The first-order valence-electron chi connectivity index (χ1n) is 8.78. The van der Waals surface area contributed by atoms with Gasteiger partial charge < -0.3 is 20.9 Å². The lowest BCUT2D eigenvalue weighted by Gasteiger charge is -2.44. The highest BCUT2D eigenvalue weighted by atomic mass is 16.2. The average Bonchev–Trinajstić information content (AvgIpc) is 2.54. The number of rotatable bonds is 5. The van der Waals surface area contributed by atoms with Gasteiger partial charge in [0.05, 0.1) is 0 Å². The molecule has 0 bridgehead atoms. The fraction of sp³-hybridized carbons (Fsp3) is 0.875. The van der Waals surface area contributed by atoms with E-state index in [4.69, 9.17) is 0 Å². The van der Waals surface area contributed by atoms with Gasteiger partial charge in [0.2, 0.25) is 0 Å². The summed E-state index contributed by atoms with van der Waals surface area (Å²) < 4.78 is 0. The topological polar surface area (TPSA) is 73.5 Å². The monoisotopic (exact) mass is 310 g/mol. The minimum atomic E-state index is -0.144. The lowest BCUT2D eigenvalue weighted by molar-refractivity contribution is 0.0843. The normalized spacial score (nSPS) is 24.3. The molecule has 3 N–H and O–H groups in total.